The van der Waals surface area contributed by atoms with Crippen LogP contribution in [0.15, 0.2) is 73.3 Å². The molecule has 4 heteroatoms. The van der Waals surface area contributed by atoms with Crippen molar-refractivity contribution in [2.24, 2.45) is 0 Å². The van der Waals surface area contributed by atoms with Gasteiger partial charge in [-0.3, -0.25) is 4.57 Å². The van der Waals surface area contributed by atoms with Crippen molar-refractivity contribution in [2.75, 3.05) is 13.2 Å². The summed E-state index contributed by atoms with van der Waals surface area (Å²) in [5.41, 5.74) is 3.33. The predicted octanol–water partition coefficient (Wildman–Crippen LogP) is 5.10. The number of fused-ring (bicyclic) bond motifs is 3. The molecule has 0 fully saturated rings. The number of hydrogen-bond donors (Lipinski definition) is 0. The zero-order valence-electron chi connectivity index (χ0n) is 13.9. The fraction of sp³-hybridized carbons (Fsp3) is 0.143. The predicted molar refractivity (Wildman–Crippen MR) is 102 cm³/mol. The van der Waals surface area contributed by atoms with E-state index in [1.807, 2.05) is 36.4 Å². The highest BCUT2D eigenvalue weighted by Gasteiger charge is 2.36. The first-order chi connectivity index (χ1) is 12.2. The lowest BCUT2D eigenvalue weighted by Gasteiger charge is -2.27. The SMILES string of the molecule is C=CCOP1(=O)OCCc2cc(-c3ccccc3)c3ccccc3c21. The van der Waals surface area contributed by atoms with E-state index in [0.29, 0.717) is 11.9 Å². The summed E-state index contributed by atoms with van der Waals surface area (Å²) < 4.78 is 24.6. The second-order valence-electron chi connectivity index (χ2n) is 6.01. The molecule has 0 N–H and O–H groups in total. The second kappa shape index (κ2) is 6.61. The molecule has 0 bridgehead atoms. The molecule has 1 atom stereocenters. The molecule has 0 amide bonds. The molecule has 1 heterocycles. The summed E-state index contributed by atoms with van der Waals surface area (Å²) in [5.74, 6) is 0. The molecule has 1 aliphatic rings. The molecule has 0 spiro atoms. The molecular formula is C21H19O3P. The van der Waals surface area contributed by atoms with Crippen LogP contribution in [0.4, 0.5) is 0 Å². The summed E-state index contributed by atoms with van der Waals surface area (Å²) in [5, 5.41) is 2.70. The van der Waals surface area contributed by atoms with Gasteiger partial charge in [0.1, 0.15) is 0 Å². The Morgan fingerprint density at radius 3 is 2.56 bits per heavy atom. The van der Waals surface area contributed by atoms with Crippen LogP contribution in [-0.2, 0) is 20.0 Å². The van der Waals surface area contributed by atoms with Gasteiger partial charge >= 0.3 is 7.60 Å². The summed E-state index contributed by atoms with van der Waals surface area (Å²) in [6.45, 7) is 4.24. The molecule has 3 nitrogen and oxygen atoms in total. The van der Waals surface area contributed by atoms with E-state index >= 15 is 0 Å². The van der Waals surface area contributed by atoms with E-state index in [0.717, 1.165) is 33.9 Å². The summed E-state index contributed by atoms with van der Waals surface area (Å²) in [6.07, 6.45) is 2.32. The molecule has 4 rings (SSSR count). The standard InChI is InChI=1S/C21H19O3P/c1-2-13-23-25(22)21-17(12-14-24-25)15-20(16-8-4-3-5-9-16)18-10-6-7-11-19(18)21/h2-11,15H,1,12-14H2. The first-order valence-electron chi connectivity index (χ1n) is 8.33. The average Bonchev–Trinajstić information content (AvgIpc) is 2.66. The fourth-order valence-electron chi connectivity index (χ4n) is 3.38. The lowest BCUT2D eigenvalue weighted by molar-refractivity contribution is 0.225. The summed E-state index contributed by atoms with van der Waals surface area (Å²) in [6, 6.07) is 20.4. The lowest BCUT2D eigenvalue weighted by atomic mass is 9.94. The van der Waals surface area contributed by atoms with Crippen LogP contribution in [0.3, 0.4) is 0 Å². The zero-order valence-corrected chi connectivity index (χ0v) is 14.7. The maximum absolute atomic E-state index is 13.4. The lowest BCUT2D eigenvalue weighted by Crippen LogP contribution is -2.23. The van der Waals surface area contributed by atoms with Gasteiger partial charge in [-0.1, -0.05) is 60.7 Å². The molecule has 0 aliphatic carbocycles. The van der Waals surface area contributed by atoms with Crippen molar-refractivity contribution in [3.63, 3.8) is 0 Å². The molecule has 0 saturated heterocycles. The zero-order chi connectivity index (χ0) is 17.3. The molecule has 1 unspecified atom stereocenters. The van der Waals surface area contributed by atoms with Crippen LogP contribution in [0.2, 0.25) is 0 Å². The second-order valence-corrected chi connectivity index (χ2v) is 7.97. The minimum absolute atomic E-state index is 0.200. The van der Waals surface area contributed by atoms with Gasteiger partial charge in [0.2, 0.25) is 0 Å². The van der Waals surface area contributed by atoms with Crippen LogP contribution < -0.4 is 5.30 Å². The Kier molecular flexibility index (Phi) is 4.30. The van der Waals surface area contributed by atoms with Crippen molar-refractivity contribution >= 4 is 23.7 Å². The van der Waals surface area contributed by atoms with Crippen molar-refractivity contribution in [1.82, 2.24) is 0 Å². The van der Waals surface area contributed by atoms with Crippen LogP contribution in [0.25, 0.3) is 21.9 Å². The van der Waals surface area contributed by atoms with Crippen molar-refractivity contribution in [1.29, 1.82) is 0 Å². The number of rotatable bonds is 4. The molecule has 0 saturated carbocycles. The van der Waals surface area contributed by atoms with Gasteiger partial charge in [0.05, 0.1) is 18.5 Å². The third-order valence-electron chi connectivity index (χ3n) is 4.45. The van der Waals surface area contributed by atoms with E-state index in [4.69, 9.17) is 9.05 Å². The van der Waals surface area contributed by atoms with E-state index < -0.39 is 7.60 Å². The van der Waals surface area contributed by atoms with E-state index in [1.165, 1.54) is 0 Å². The Bertz CT molecular complexity index is 979. The van der Waals surface area contributed by atoms with Crippen molar-refractivity contribution in [2.45, 2.75) is 6.42 Å². The van der Waals surface area contributed by atoms with Gasteiger partial charge in [-0.15, -0.1) is 6.58 Å². The van der Waals surface area contributed by atoms with Crippen LogP contribution in [0, 0.1) is 0 Å². The maximum atomic E-state index is 13.4. The van der Waals surface area contributed by atoms with Crippen LogP contribution in [-0.4, -0.2) is 13.2 Å². The monoisotopic (exact) mass is 350 g/mol. The highest BCUT2D eigenvalue weighted by atomic mass is 31.2. The van der Waals surface area contributed by atoms with E-state index in [1.54, 1.807) is 6.08 Å². The Morgan fingerprint density at radius 1 is 1.08 bits per heavy atom. The molecule has 0 aromatic heterocycles. The van der Waals surface area contributed by atoms with Gasteiger partial charge in [-0.05, 0) is 39.9 Å². The van der Waals surface area contributed by atoms with Crippen molar-refractivity contribution < 1.29 is 13.6 Å². The normalized spacial score (nSPS) is 19.5. The highest BCUT2D eigenvalue weighted by Crippen LogP contribution is 2.52. The van der Waals surface area contributed by atoms with Gasteiger partial charge in [0.15, 0.2) is 0 Å². The Hall–Kier alpha value is -2.19. The number of hydrogen-bond acceptors (Lipinski definition) is 3. The first-order valence-corrected chi connectivity index (χ1v) is 9.88. The fourth-order valence-corrected chi connectivity index (χ4v) is 5.37. The van der Waals surface area contributed by atoms with Crippen LogP contribution in [0.5, 0.6) is 0 Å². The van der Waals surface area contributed by atoms with Gasteiger partial charge in [-0.25, -0.2) is 0 Å². The van der Waals surface area contributed by atoms with E-state index in [2.05, 4.69) is 30.8 Å². The van der Waals surface area contributed by atoms with E-state index in [-0.39, 0.29) is 6.61 Å². The quantitative estimate of drug-likeness (QED) is 0.485. The molecular weight excluding hydrogens is 331 g/mol. The van der Waals surface area contributed by atoms with Crippen molar-refractivity contribution in [3.8, 4) is 11.1 Å². The van der Waals surface area contributed by atoms with Gasteiger partial charge in [0.25, 0.3) is 0 Å². The van der Waals surface area contributed by atoms with E-state index in [9.17, 15) is 4.57 Å². The third-order valence-corrected chi connectivity index (χ3v) is 6.54. The van der Waals surface area contributed by atoms with Crippen LogP contribution in [0.1, 0.15) is 5.56 Å². The highest BCUT2D eigenvalue weighted by molar-refractivity contribution is 7.63. The van der Waals surface area contributed by atoms with Gasteiger partial charge in [-0.2, -0.15) is 0 Å². The first kappa shape index (κ1) is 16.3. The molecule has 0 radical (unpaired) electrons. The van der Waals surface area contributed by atoms with Crippen molar-refractivity contribution in [3.05, 3.63) is 78.9 Å². The summed E-state index contributed by atoms with van der Waals surface area (Å²) in [4.78, 5) is 0. The average molecular weight is 350 g/mol. The minimum atomic E-state index is -3.35. The topological polar surface area (TPSA) is 35.5 Å². The maximum Gasteiger partial charge on any atom is 0.362 e. The Morgan fingerprint density at radius 2 is 1.80 bits per heavy atom. The molecule has 25 heavy (non-hydrogen) atoms. The molecule has 3 aromatic carbocycles. The summed E-state index contributed by atoms with van der Waals surface area (Å²) >= 11 is 0. The number of benzene rings is 3. The molecule has 126 valence electrons. The smallest absolute Gasteiger partial charge is 0.305 e. The third kappa shape index (κ3) is 2.85. The van der Waals surface area contributed by atoms with Crippen LogP contribution >= 0.6 is 7.60 Å². The van der Waals surface area contributed by atoms with Gasteiger partial charge < -0.3 is 9.05 Å². The molecule has 1 aliphatic heterocycles. The Balaban J connectivity index is 2.01. The van der Waals surface area contributed by atoms with Gasteiger partial charge in [0, 0.05) is 0 Å². The molecule has 3 aromatic rings. The largest absolute Gasteiger partial charge is 0.362 e. The summed E-state index contributed by atoms with van der Waals surface area (Å²) in [7, 11) is -3.35. The minimum Gasteiger partial charge on any atom is -0.305 e. The Labute approximate surface area is 147 Å².